The Kier molecular flexibility index (Phi) is 6.88. The van der Waals surface area contributed by atoms with Crippen molar-refractivity contribution in [2.24, 2.45) is 0 Å². The van der Waals surface area contributed by atoms with Crippen molar-refractivity contribution in [1.29, 1.82) is 0 Å². The van der Waals surface area contributed by atoms with Gasteiger partial charge in [-0.2, -0.15) is 0 Å². The van der Waals surface area contributed by atoms with Crippen LogP contribution in [-0.2, 0) is 12.8 Å². The van der Waals surface area contributed by atoms with Gasteiger partial charge in [-0.25, -0.2) is 4.79 Å². The fraction of sp³-hybridized carbons (Fsp3) is 0.333. The van der Waals surface area contributed by atoms with Gasteiger partial charge in [0.25, 0.3) is 0 Å². The van der Waals surface area contributed by atoms with E-state index in [1.165, 1.54) is 5.56 Å². The summed E-state index contributed by atoms with van der Waals surface area (Å²) in [7, 11) is 0. The Morgan fingerprint density at radius 1 is 1.09 bits per heavy atom. The van der Waals surface area contributed by atoms with Crippen molar-refractivity contribution in [3.63, 3.8) is 0 Å². The summed E-state index contributed by atoms with van der Waals surface area (Å²) >= 11 is 5.86. The first kappa shape index (κ1) is 17.3. The average molecular weight is 332 g/mol. The van der Waals surface area contributed by atoms with Gasteiger partial charge < -0.3 is 10.2 Å². The van der Waals surface area contributed by atoms with Gasteiger partial charge in [-0.3, -0.25) is 4.98 Å². The monoisotopic (exact) mass is 331 g/mol. The molecular formula is C18H22ClN3O. The largest absolute Gasteiger partial charge is 0.338 e. The van der Waals surface area contributed by atoms with Crippen LogP contribution >= 0.6 is 11.6 Å². The fourth-order valence-corrected chi connectivity index (χ4v) is 2.42. The zero-order chi connectivity index (χ0) is 16.5. The summed E-state index contributed by atoms with van der Waals surface area (Å²) in [6.07, 6.45) is 5.18. The molecule has 2 amide bonds. The van der Waals surface area contributed by atoms with Crippen molar-refractivity contribution in [3.8, 4) is 0 Å². The second kappa shape index (κ2) is 9.16. The van der Waals surface area contributed by atoms with E-state index in [0.29, 0.717) is 19.6 Å². The highest BCUT2D eigenvalue weighted by molar-refractivity contribution is 6.30. The maximum Gasteiger partial charge on any atom is 0.317 e. The highest BCUT2D eigenvalue weighted by atomic mass is 35.5. The molecule has 0 atom stereocenters. The third-order valence-corrected chi connectivity index (χ3v) is 3.94. The number of carbonyl (C=O) groups is 1. The molecule has 0 bridgehead atoms. The quantitative estimate of drug-likeness (QED) is 0.843. The molecule has 5 heteroatoms. The Bertz CT molecular complexity index is 601. The normalized spacial score (nSPS) is 10.3. The first-order valence-corrected chi connectivity index (χ1v) is 8.23. The molecule has 1 aromatic carbocycles. The van der Waals surface area contributed by atoms with Crippen LogP contribution < -0.4 is 5.32 Å². The van der Waals surface area contributed by atoms with Gasteiger partial charge in [0.05, 0.1) is 0 Å². The van der Waals surface area contributed by atoms with Gasteiger partial charge in [-0.1, -0.05) is 23.7 Å². The molecule has 0 fully saturated rings. The molecule has 2 rings (SSSR count). The Hall–Kier alpha value is -2.07. The Morgan fingerprint density at radius 2 is 1.74 bits per heavy atom. The first-order chi connectivity index (χ1) is 11.2. The van der Waals surface area contributed by atoms with Crippen LogP contribution in [0.3, 0.4) is 0 Å². The molecule has 4 nitrogen and oxygen atoms in total. The van der Waals surface area contributed by atoms with E-state index in [2.05, 4.69) is 10.3 Å². The first-order valence-electron chi connectivity index (χ1n) is 7.85. The Labute approximate surface area is 142 Å². The number of likely N-dealkylation sites (N-methyl/N-ethyl adjacent to an activating group) is 1. The van der Waals surface area contributed by atoms with Gasteiger partial charge in [0.15, 0.2) is 0 Å². The number of aromatic nitrogens is 1. The number of carbonyl (C=O) groups excluding carboxylic acids is 1. The lowest BCUT2D eigenvalue weighted by Gasteiger charge is -2.21. The zero-order valence-corrected chi connectivity index (χ0v) is 14.1. The molecule has 23 heavy (non-hydrogen) atoms. The number of urea groups is 1. The van der Waals surface area contributed by atoms with Crippen molar-refractivity contribution in [1.82, 2.24) is 15.2 Å². The molecule has 0 aliphatic heterocycles. The van der Waals surface area contributed by atoms with E-state index in [1.54, 1.807) is 12.4 Å². The molecule has 1 aromatic heterocycles. The van der Waals surface area contributed by atoms with E-state index in [0.717, 1.165) is 23.4 Å². The van der Waals surface area contributed by atoms with Crippen molar-refractivity contribution in [2.75, 3.05) is 19.6 Å². The second-order valence-electron chi connectivity index (χ2n) is 5.29. The number of halogens is 1. The van der Waals surface area contributed by atoms with Crippen LogP contribution in [0.15, 0.2) is 48.8 Å². The minimum atomic E-state index is -0.0180. The van der Waals surface area contributed by atoms with Crippen LogP contribution in [0.4, 0.5) is 4.79 Å². The minimum Gasteiger partial charge on any atom is -0.338 e. The molecule has 0 saturated heterocycles. The molecule has 122 valence electrons. The van der Waals surface area contributed by atoms with Crippen LogP contribution in [0.5, 0.6) is 0 Å². The fourth-order valence-electron chi connectivity index (χ4n) is 2.29. The molecule has 0 aliphatic carbocycles. The van der Waals surface area contributed by atoms with E-state index in [-0.39, 0.29) is 6.03 Å². The van der Waals surface area contributed by atoms with E-state index in [1.807, 2.05) is 48.2 Å². The Balaban J connectivity index is 1.75. The maximum atomic E-state index is 12.2. The van der Waals surface area contributed by atoms with Gasteiger partial charge in [0.1, 0.15) is 0 Å². The number of benzene rings is 1. The number of pyridine rings is 1. The molecule has 0 unspecified atom stereocenters. The summed E-state index contributed by atoms with van der Waals surface area (Å²) < 4.78 is 0. The molecule has 0 radical (unpaired) electrons. The van der Waals surface area contributed by atoms with Crippen LogP contribution in [0.1, 0.15) is 18.1 Å². The topological polar surface area (TPSA) is 45.2 Å². The zero-order valence-electron chi connectivity index (χ0n) is 13.3. The van der Waals surface area contributed by atoms with Crippen LogP contribution in [0.2, 0.25) is 5.02 Å². The van der Waals surface area contributed by atoms with E-state index >= 15 is 0 Å². The molecule has 2 aromatic rings. The predicted molar refractivity (Wildman–Crippen MR) is 93.7 cm³/mol. The van der Waals surface area contributed by atoms with Crippen molar-refractivity contribution < 1.29 is 4.79 Å². The van der Waals surface area contributed by atoms with E-state index < -0.39 is 0 Å². The van der Waals surface area contributed by atoms with Crippen molar-refractivity contribution >= 4 is 17.6 Å². The highest BCUT2D eigenvalue weighted by Crippen LogP contribution is 2.09. The number of amides is 2. The van der Waals surface area contributed by atoms with Gasteiger partial charge in [0, 0.05) is 37.1 Å². The number of rotatable bonds is 7. The molecule has 1 N–H and O–H groups in total. The third-order valence-electron chi connectivity index (χ3n) is 3.69. The van der Waals surface area contributed by atoms with Crippen LogP contribution in [0, 0.1) is 0 Å². The summed E-state index contributed by atoms with van der Waals surface area (Å²) in [5, 5.41) is 3.70. The van der Waals surface area contributed by atoms with E-state index in [4.69, 9.17) is 11.6 Å². The lowest BCUT2D eigenvalue weighted by atomic mass is 10.1. The number of hydrogen-bond donors (Lipinski definition) is 1. The summed E-state index contributed by atoms with van der Waals surface area (Å²) in [5.41, 5.74) is 2.35. The SMILES string of the molecule is CCN(CCc1ccncc1)C(=O)NCCc1ccc(Cl)cc1. The molecule has 0 aliphatic rings. The predicted octanol–water partition coefficient (Wildman–Crippen LogP) is 3.55. The van der Waals surface area contributed by atoms with Crippen LogP contribution in [0.25, 0.3) is 0 Å². The van der Waals surface area contributed by atoms with Crippen molar-refractivity contribution in [3.05, 3.63) is 64.9 Å². The summed E-state index contributed by atoms with van der Waals surface area (Å²) in [6.45, 7) is 4.00. The van der Waals surface area contributed by atoms with Crippen molar-refractivity contribution in [2.45, 2.75) is 19.8 Å². The Morgan fingerprint density at radius 3 is 2.39 bits per heavy atom. The summed E-state index contributed by atoms with van der Waals surface area (Å²) in [4.78, 5) is 18.0. The summed E-state index contributed by atoms with van der Waals surface area (Å²) in [5.74, 6) is 0. The third kappa shape index (κ3) is 5.91. The highest BCUT2D eigenvalue weighted by Gasteiger charge is 2.10. The molecular weight excluding hydrogens is 310 g/mol. The minimum absolute atomic E-state index is 0.0180. The van der Waals surface area contributed by atoms with Gasteiger partial charge >= 0.3 is 6.03 Å². The van der Waals surface area contributed by atoms with E-state index in [9.17, 15) is 4.79 Å². The smallest absolute Gasteiger partial charge is 0.317 e. The van der Waals surface area contributed by atoms with Gasteiger partial charge in [-0.05, 0) is 55.2 Å². The molecule has 0 saturated carbocycles. The lowest BCUT2D eigenvalue weighted by molar-refractivity contribution is 0.201. The average Bonchev–Trinajstić information content (AvgIpc) is 2.58. The summed E-state index contributed by atoms with van der Waals surface area (Å²) in [6, 6.07) is 11.6. The molecule has 1 heterocycles. The van der Waals surface area contributed by atoms with Crippen LogP contribution in [-0.4, -0.2) is 35.5 Å². The lowest BCUT2D eigenvalue weighted by Crippen LogP contribution is -2.41. The standard InChI is InChI=1S/C18H22ClN3O/c1-2-22(14-10-16-7-11-20-12-8-16)18(23)21-13-9-15-3-5-17(19)6-4-15/h3-8,11-12H,2,9-10,13-14H2,1H3,(H,21,23). The van der Waals surface area contributed by atoms with Gasteiger partial charge in [-0.15, -0.1) is 0 Å². The molecule has 0 spiro atoms. The number of nitrogens with zero attached hydrogens (tertiary/aromatic N) is 2. The second-order valence-corrected chi connectivity index (χ2v) is 5.73. The maximum absolute atomic E-state index is 12.2. The number of hydrogen-bond acceptors (Lipinski definition) is 2. The van der Waals surface area contributed by atoms with Gasteiger partial charge in [0.2, 0.25) is 0 Å². The number of nitrogens with one attached hydrogen (secondary N) is 1.